The molecule has 1 amide bonds. The van der Waals surface area contributed by atoms with Crippen molar-refractivity contribution < 1.29 is 14.7 Å². The molecule has 2 atom stereocenters. The van der Waals surface area contributed by atoms with Gasteiger partial charge in [-0.2, -0.15) is 0 Å². The molecule has 0 aromatic rings. The Kier molecular flexibility index (Phi) is 5.63. The van der Waals surface area contributed by atoms with Crippen molar-refractivity contribution in [3.05, 3.63) is 0 Å². The summed E-state index contributed by atoms with van der Waals surface area (Å²) in [6.07, 6.45) is 3.85. The minimum Gasteiger partial charge on any atom is -0.480 e. The minimum atomic E-state index is -0.856. The van der Waals surface area contributed by atoms with Crippen LogP contribution in [0.15, 0.2) is 0 Å². The van der Waals surface area contributed by atoms with Gasteiger partial charge >= 0.3 is 5.97 Å². The van der Waals surface area contributed by atoms with Gasteiger partial charge in [0.05, 0.1) is 0 Å². The first kappa shape index (κ1) is 15.0. The van der Waals surface area contributed by atoms with Crippen LogP contribution in [-0.4, -0.2) is 34.5 Å². The minimum absolute atomic E-state index is 0.00523. The number of likely N-dealkylation sites (tertiary alicyclic amines) is 1. The van der Waals surface area contributed by atoms with Gasteiger partial charge in [-0.15, -0.1) is 0 Å². The van der Waals surface area contributed by atoms with Crippen molar-refractivity contribution >= 4 is 11.9 Å². The number of carbonyl (C=O) groups is 2. The lowest BCUT2D eigenvalue weighted by Crippen LogP contribution is -2.50. The Labute approximate surface area is 109 Å². The fraction of sp³-hybridized carbons (Fsp3) is 0.857. The highest BCUT2D eigenvalue weighted by molar-refractivity contribution is 5.83. The molecule has 0 aromatic heterocycles. The summed E-state index contributed by atoms with van der Waals surface area (Å²) in [6.45, 7) is 6.84. The third-order valence-electron chi connectivity index (χ3n) is 3.83. The second-order valence-electron chi connectivity index (χ2n) is 5.67. The molecular weight excluding hydrogens is 230 g/mol. The van der Waals surface area contributed by atoms with Gasteiger partial charge in [0.2, 0.25) is 5.91 Å². The SMILES string of the molecule is CCC1CCN(C(=O)CCC(C)C)C(C(=O)O)C1. The number of amides is 1. The molecule has 1 aliphatic rings. The molecular formula is C14H25NO3. The highest BCUT2D eigenvalue weighted by Crippen LogP contribution is 2.26. The molecule has 104 valence electrons. The smallest absolute Gasteiger partial charge is 0.326 e. The number of carboxylic acid groups (broad SMARTS) is 1. The van der Waals surface area contributed by atoms with Crippen molar-refractivity contribution in [2.75, 3.05) is 6.54 Å². The number of piperidine rings is 1. The molecule has 1 fully saturated rings. The lowest BCUT2D eigenvalue weighted by Gasteiger charge is -2.37. The molecule has 1 aliphatic heterocycles. The summed E-state index contributed by atoms with van der Waals surface area (Å²) in [5.41, 5.74) is 0. The fourth-order valence-electron chi connectivity index (χ4n) is 2.50. The molecule has 0 spiro atoms. The Bertz CT molecular complexity index is 301. The van der Waals surface area contributed by atoms with E-state index >= 15 is 0 Å². The van der Waals surface area contributed by atoms with Crippen molar-refractivity contribution in [2.45, 2.75) is 58.9 Å². The molecule has 4 heteroatoms. The first-order valence-corrected chi connectivity index (χ1v) is 6.98. The maximum Gasteiger partial charge on any atom is 0.326 e. The average molecular weight is 255 g/mol. The van der Waals surface area contributed by atoms with E-state index in [1.807, 2.05) is 0 Å². The maximum absolute atomic E-state index is 12.1. The van der Waals surface area contributed by atoms with E-state index in [0.717, 1.165) is 19.3 Å². The third kappa shape index (κ3) is 4.00. The Morgan fingerprint density at radius 2 is 2.06 bits per heavy atom. The number of hydrogen-bond donors (Lipinski definition) is 1. The van der Waals surface area contributed by atoms with E-state index in [1.54, 1.807) is 4.90 Å². The predicted octanol–water partition coefficient (Wildman–Crippen LogP) is 2.52. The quantitative estimate of drug-likeness (QED) is 0.821. The molecule has 1 rings (SSSR count). The Balaban J connectivity index is 2.62. The fourth-order valence-corrected chi connectivity index (χ4v) is 2.50. The van der Waals surface area contributed by atoms with Crippen molar-refractivity contribution in [2.24, 2.45) is 11.8 Å². The lowest BCUT2D eigenvalue weighted by molar-refractivity contribution is -0.153. The van der Waals surface area contributed by atoms with Crippen LogP contribution in [0.5, 0.6) is 0 Å². The lowest BCUT2D eigenvalue weighted by atomic mass is 9.88. The summed E-state index contributed by atoms with van der Waals surface area (Å²) in [7, 11) is 0. The van der Waals surface area contributed by atoms with Crippen molar-refractivity contribution in [3.63, 3.8) is 0 Å². The van der Waals surface area contributed by atoms with Crippen molar-refractivity contribution in [1.82, 2.24) is 4.90 Å². The van der Waals surface area contributed by atoms with Crippen LogP contribution in [-0.2, 0) is 9.59 Å². The molecule has 2 unspecified atom stereocenters. The van der Waals surface area contributed by atoms with Gasteiger partial charge in [-0.05, 0) is 31.1 Å². The zero-order valence-electron chi connectivity index (χ0n) is 11.7. The maximum atomic E-state index is 12.1. The predicted molar refractivity (Wildman–Crippen MR) is 70.2 cm³/mol. The van der Waals surface area contributed by atoms with Crippen molar-refractivity contribution in [1.29, 1.82) is 0 Å². The number of carboxylic acids is 1. The van der Waals surface area contributed by atoms with Gasteiger partial charge in [0.1, 0.15) is 6.04 Å². The molecule has 0 radical (unpaired) electrons. The van der Waals surface area contributed by atoms with Crippen LogP contribution >= 0.6 is 0 Å². The Morgan fingerprint density at radius 3 is 2.56 bits per heavy atom. The average Bonchev–Trinajstić information content (AvgIpc) is 2.34. The summed E-state index contributed by atoms with van der Waals surface area (Å²) in [5, 5.41) is 9.25. The summed E-state index contributed by atoms with van der Waals surface area (Å²) < 4.78 is 0. The van der Waals surface area contributed by atoms with E-state index in [2.05, 4.69) is 20.8 Å². The highest BCUT2D eigenvalue weighted by atomic mass is 16.4. The molecule has 0 saturated carbocycles. The van der Waals surface area contributed by atoms with E-state index in [-0.39, 0.29) is 5.91 Å². The molecule has 1 N–H and O–H groups in total. The van der Waals surface area contributed by atoms with E-state index in [0.29, 0.717) is 31.2 Å². The molecule has 18 heavy (non-hydrogen) atoms. The topological polar surface area (TPSA) is 57.6 Å². The third-order valence-corrected chi connectivity index (χ3v) is 3.83. The zero-order chi connectivity index (χ0) is 13.7. The molecule has 0 bridgehead atoms. The van der Waals surface area contributed by atoms with Gasteiger partial charge in [0, 0.05) is 13.0 Å². The van der Waals surface area contributed by atoms with Gasteiger partial charge in [0.25, 0.3) is 0 Å². The zero-order valence-corrected chi connectivity index (χ0v) is 11.7. The summed E-state index contributed by atoms with van der Waals surface area (Å²) >= 11 is 0. The second kappa shape index (κ2) is 6.76. The molecule has 0 aromatic carbocycles. The Morgan fingerprint density at radius 1 is 1.39 bits per heavy atom. The normalized spacial score (nSPS) is 24.3. The first-order chi connectivity index (χ1) is 8.45. The van der Waals surface area contributed by atoms with E-state index in [1.165, 1.54) is 0 Å². The van der Waals surface area contributed by atoms with Gasteiger partial charge in [-0.25, -0.2) is 4.79 Å². The van der Waals surface area contributed by atoms with E-state index in [4.69, 9.17) is 0 Å². The van der Waals surface area contributed by atoms with Crippen LogP contribution in [0.3, 0.4) is 0 Å². The monoisotopic (exact) mass is 255 g/mol. The van der Waals surface area contributed by atoms with Gasteiger partial charge in [-0.1, -0.05) is 27.2 Å². The number of aliphatic carboxylic acids is 1. The van der Waals surface area contributed by atoms with Crippen LogP contribution in [0.4, 0.5) is 0 Å². The van der Waals surface area contributed by atoms with Gasteiger partial charge in [0.15, 0.2) is 0 Å². The van der Waals surface area contributed by atoms with Crippen LogP contribution in [0.25, 0.3) is 0 Å². The first-order valence-electron chi connectivity index (χ1n) is 6.98. The second-order valence-corrected chi connectivity index (χ2v) is 5.67. The molecule has 4 nitrogen and oxygen atoms in total. The van der Waals surface area contributed by atoms with Crippen LogP contribution in [0, 0.1) is 11.8 Å². The summed E-state index contributed by atoms with van der Waals surface area (Å²) in [4.78, 5) is 24.9. The largest absolute Gasteiger partial charge is 0.480 e. The van der Waals surface area contributed by atoms with E-state index in [9.17, 15) is 14.7 Å². The van der Waals surface area contributed by atoms with E-state index < -0.39 is 12.0 Å². The number of rotatable bonds is 5. The van der Waals surface area contributed by atoms with Crippen LogP contribution in [0.2, 0.25) is 0 Å². The van der Waals surface area contributed by atoms with Crippen molar-refractivity contribution in [3.8, 4) is 0 Å². The van der Waals surface area contributed by atoms with Crippen LogP contribution < -0.4 is 0 Å². The molecule has 1 heterocycles. The number of carbonyl (C=O) groups excluding carboxylic acids is 1. The van der Waals surface area contributed by atoms with Crippen LogP contribution in [0.1, 0.15) is 52.9 Å². The summed E-state index contributed by atoms with van der Waals surface area (Å²) in [5.74, 6) is 0.0716. The standard InChI is InChI=1S/C14H25NO3/c1-4-11-7-8-15(12(9-11)14(17)18)13(16)6-5-10(2)3/h10-12H,4-9H2,1-3H3,(H,17,18). The number of hydrogen-bond acceptors (Lipinski definition) is 2. The highest BCUT2D eigenvalue weighted by Gasteiger charge is 2.35. The van der Waals surface area contributed by atoms with Gasteiger partial charge < -0.3 is 10.0 Å². The molecule has 1 saturated heterocycles. The van der Waals surface area contributed by atoms with Gasteiger partial charge in [-0.3, -0.25) is 4.79 Å². The Hall–Kier alpha value is -1.06. The molecule has 0 aliphatic carbocycles. The number of nitrogens with zero attached hydrogens (tertiary/aromatic N) is 1. The summed E-state index contributed by atoms with van der Waals surface area (Å²) in [6, 6.07) is -0.608.